The molecule has 1 aliphatic rings. The lowest BCUT2D eigenvalue weighted by molar-refractivity contribution is -0.144. The molecule has 1 aliphatic heterocycles. The number of carbonyl (C=O) groups is 2. The first-order valence-corrected chi connectivity index (χ1v) is 7.81. The average molecular weight is 361 g/mol. The minimum Gasteiger partial charge on any atom is -0.347 e. The summed E-state index contributed by atoms with van der Waals surface area (Å²) in [6, 6.07) is 0.451. The zero-order valence-corrected chi connectivity index (χ0v) is 14.7. The first-order valence-electron chi connectivity index (χ1n) is 7.81. The van der Waals surface area contributed by atoms with Gasteiger partial charge in [0.05, 0.1) is 0 Å². The molecule has 10 heteroatoms. The van der Waals surface area contributed by atoms with Gasteiger partial charge in [0.1, 0.15) is 12.6 Å². The molecule has 1 aromatic rings. The van der Waals surface area contributed by atoms with E-state index in [1.807, 2.05) is 4.90 Å². The Morgan fingerprint density at radius 3 is 2.48 bits per heavy atom. The number of halogens is 3. The molecule has 0 unspecified atom stereocenters. The standard InChI is InChI=1S/C15H22F3N5O2/c1-10-7-12(15(16,17)18)19-23(10)9-13(24)22-6-5-21(4)11(8-22)14(25)20(2)3/h7,11H,5-6,8-9H2,1-4H3/t11-/m0/s1. The van der Waals surface area contributed by atoms with E-state index in [4.69, 9.17) is 0 Å². The van der Waals surface area contributed by atoms with E-state index in [-0.39, 0.29) is 30.6 Å². The van der Waals surface area contributed by atoms with Crippen LogP contribution >= 0.6 is 0 Å². The van der Waals surface area contributed by atoms with E-state index in [0.717, 1.165) is 10.7 Å². The Bertz CT molecular complexity index is 656. The molecule has 0 spiro atoms. The molecular formula is C15H22F3N5O2. The van der Waals surface area contributed by atoms with E-state index in [9.17, 15) is 22.8 Å². The zero-order chi connectivity index (χ0) is 18.9. The fraction of sp³-hybridized carbons (Fsp3) is 0.667. The summed E-state index contributed by atoms with van der Waals surface area (Å²) in [5.41, 5.74) is -0.757. The molecule has 25 heavy (non-hydrogen) atoms. The van der Waals surface area contributed by atoms with Crippen LogP contribution in [0.3, 0.4) is 0 Å². The smallest absolute Gasteiger partial charge is 0.347 e. The molecule has 0 radical (unpaired) electrons. The number of aromatic nitrogens is 2. The summed E-state index contributed by atoms with van der Waals surface area (Å²) in [6.45, 7) is 2.33. The SMILES string of the molecule is Cc1cc(C(F)(F)F)nn1CC(=O)N1CCN(C)[C@H](C(=O)N(C)C)C1. The van der Waals surface area contributed by atoms with Crippen molar-refractivity contribution in [1.29, 1.82) is 0 Å². The minimum atomic E-state index is -4.55. The van der Waals surface area contributed by atoms with Crippen LogP contribution < -0.4 is 0 Å². The second kappa shape index (κ2) is 7.03. The maximum absolute atomic E-state index is 12.7. The predicted octanol–water partition coefficient (Wildman–Crippen LogP) is 0.441. The highest BCUT2D eigenvalue weighted by atomic mass is 19.4. The Balaban J connectivity index is 2.08. The van der Waals surface area contributed by atoms with Crippen molar-refractivity contribution >= 4 is 11.8 Å². The molecule has 140 valence electrons. The van der Waals surface area contributed by atoms with E-state index in [0.29, 0.717) is 13.1 Å². The van der Waals surface area contributed by atoms with Gasteiger partial charge in [-0.15, -0.1) is 0 Å². The monoisotopic (exact) mass is 361 g/mol. The third-order valence-electron chi connectivity index (χ3n) is 4.28. The number of hydrogen-bond donors (Lipinski definition) is 0. The zero-order valence-electron chi connectivity index (χ0n) is 14.7. The fourth-order valence-electron chi connectivity index (χ4n) is 2.70. The van der Waals surface area contributed by atoms with Crippen LogP contribution in [0.2, 0.25) is 0 Å². The Labute approximate surface area is 144 Å². The Hall–Kier alpha value is -2.10. The molecule has 0 aliphatic carbocycles. The minimum absolute atomic E-state index is 0.116. The van der Waals surface area contributed by atoms with Crippen molar-refractivity contribution in [2.24, 2.45) is 0 Å². The highest BCUT2D eigenvalue weighted by molar-refractivity contribution is 5.83. The molecule has 1 saturated heterocycles. The molecule has 0 aromatic carbocycles. The first-order chi connectivity index (χ1) is 11.5. The second-order valence-electron chi connectivity index (χ2n) is 6.40. The highest BCUT2D eigenvalue weighted by Gasteiger charge is 2.36. The van der Waals surface area contributed by atoms with Crippen LogP contribution in [-0.2, 0) is 22.3 Å². The second-order valence-corrected chi connectivity index (χ2v) is 6.40. The lowest BCUT2D eigenvalue weighted by Gasteiger charge is -2.39. The van der Waals surface area contributed by atoms with Crippen LogP contribution in [0.15, 0.2) is 6.07 Å². The molecule has 0 N–H and O–H groups in total. The van der Waals surface area contributed by atoms with E-state index in [2.05, 4.69) is 5.10 Å². The van der Waals surface area contributed by atoms with Gasteiger partial charge in [-0.05, 0) is 20.0 Å². The summed E-state index contributed by atoms with van der Waals surface area (Å²) in [5, 5.41) is 3.47. The maximum atomic E-state index is 12.7. The van der Waals surface area contributed by atoms with Crippen LogP contribution in [0.4, 0.5) is 13.2 Å². The largest absolute Gasteiger partial charge is 0.435 e. The number of likely N-dealkylation sites (N-methyl/N-ethyl adjacent to an activating group) is 2. The van der Waals surface area contributed by atoms with Gasteiger partial charge in [0.15, 0.2) is 5.69 Å². The fourth-order valence-corrected chi connectivity index (χ4v) is 2.70. The lowest BCUT2D eigenvalue weighted by Crippen LogP contribution is -2.58. The van der Waals surface area contributed by atoms with E-state index in [1.165, 1.54) is 16.7 Å². The van der Waals surface area contributed by atoms with Gasteiger partial charge in [-0.3, -0.25) is 19.2 Å². The van der Waals surface area contributed by atoms with Crippen molar-refractivity contribution < 1.29 is 22.8 Å². The predicted molar refractivity (Wildman–Crippen MR) is 83.7 cm³/mol. The lowest BCUT2D eigenvalue weighted by atomic mass is 10.1. The molecule has 0 bridgehead atoms. The number of aryl methyl sites for hydroxylation is 1. The van der Waals surface area contributed by atoms with Gasteiger partial charge in [-0.2, -0.15) is 18.3 Å². The van der Waals surface area contributed by atoms with Gasteiger partial charge in [0, 0.05) is 39.4 Å². The van der Waals surface area contributed by atoms with Crippen molar-refractivity contribution in [3.05, 3.63) is 17.5 Å². The van der Waals surface area contributed by atoms with Crippen molar-refractivity contribution in [3.8, 4) is 0 Å². The molecule has 2 amide bonds. The Morgan fingerprint density at radius 2 is 1.96 bits per heavy atom. The molecule has 2 heterocycles. The first kappa shape index (κ1) is 19.2. The topological polar surface area (TPSA) is 61.7 Å². The number of alkyl halides is 3. The molecule has 1 aromatic heterocycles. The van der Waals surface area contributed by atoms with Gasteiger partial charge >= 0.3 is 6.18 Å². The summed E-state index contributed by atoms with van der Waals surface area (Å²) in [5.74, 6) is -0.473. The quantitative estimate of drug-likeness (QED) is 0.784. The Kier molecular flexibility index (Phi) is 5.40. The number of nitrogens with zero attached hydrogens (tertiary/aromatic N) is 5. The van der Waals surface area contributed by atoms with Gasteiger partial charge in [-0.25, -0.2) is 0 Å². The van der Waals surface area contributed by atoms with E-state index < -0.39 is 17.9 Å². The maximum Gasteiger partial charge on any atom is 0.435 e. The molecule has 2 rings (SSSR count). The Morgan fingerprint density at radius 1 is 1.32 bits per heavy atom. The van der Waals surface area contributed by atoms with Gasteiger partial charge in [-0.1, -0.05) is 0 Å². The van der Waals surface area contributed by atoms with Gasteiger partial charge in [0.25, 0.3) is 0 Å². The van der Waals surface area contributed by atoms with Gasteiger partial charge in [0.2, 0.25) is 11.8 Å². The summed E-state index contributed by atoms with van der Waals surface area (Å²) in [6.07, 6.45) is -4.55. The van der Waals surface area contributed by atoms with Crippen LogP contribution in [0, 0.1) is 6.92 Å². The average Bonchev–Trinajstić information content (AvgIpc) is 2.88. The van der Waals surface area contributed by atoms with Crippen LogP contribution in [0.25, 0.3) is 0 Å². The third-order valence-corrected chi connectivity index (χ3v) is 4.28. The molecule has 1 fully saturated rings. The summed E-state index contributed by atoms with van der Waals surface area (Å²) >= 11 is 0. The van der Waals surface area contributed by atoms with Crippen LogP contribution in [-0.4, -0.2) is 83.1 Å². The number of piperazine rings is 1. The summed E-state index contributed by atoms with van der Waals surface area (Å²) in [4.78, 5) is 29.5. The number of amides is 2. The highest BCUT2D eigenvalue weighted by Crippen LogP contribution is 2.28. The summed E-state index contributed by atoms with van der Waals surface area (Å²) < 4.78 is 39.2. The molecule has 0 saturated carbocycles. The van der Waals surface area contributed by atoms with Crippen molar-refractivity contribution in [2.75, 3.05) is 40.8 Å². The normalized spacial score (nSPS) is 19.2. The van der Waals surface area contributed by atoms with Crippen LogP contribution in [0.1, 0.15) is 11.4 Å². The van der Waals surface area contributed by atoms with Crippen molar-refractivity contribution in [1.82, 2.24) is 24.5 Å². The van der Waals surface area contributed by atoms with Crippen molar-refractivity contribution in [2.45, 2.75) is 25.7 Å². The van der Waals surface area contributed by atoms with Crippen LogP contribution in [0.5, 0.6) is 0 Å². The number of rotatable bonds is 3. The molecule has 1 atom stereocenters. The third kappa shape index (κ3) is 4.30. The van der Waals surface area contributed by atoms with E-state index in [1.54, 1.807) is 21.1 Å². The number of carbonyl (C=O) groups excluding carboxylic acids is 2. The van der Waals surface area contributed by atoms with Gasteiger partial charge < -0.3 is 9.80 Å². The molecule has 7 nitrogen and oxygen atoms in total. The number of hydrogen-bond acceptors (Lipinski definition) is 4. The van der Waals surface area contributed by atoms with Crippen molar-refractivity contribution in [3.63, 3.8) is 0 Å². The summed E-state index contributed by atoms with van der Waals surface area (Å²) in [7, 11) is 5.09. The van der Waals surface area contributed by atoms with E-state index >= 15 is 0 Å². The molecular weight excluding hydrogens is 339 g/mol.